The fraction of sp³-hybridized carbons (Fsp3) is 0.786. The maximum Gasteiger partial charge on any atom is 0.0492 e. The van der Waals surface area contributed by atoms with Crippen LogP contribution in [0, 0.1) is 17.3 Å². The van der Waals surface area contributed by atoms with Gasteiger partial charge in [0.15, 0.2) is 0 Å². The molecule has 1 aromatic heterocycles. The van der Waals surface area contributed by atoms with Gasteiger partial charge in [-0.25, -0.2) is 0 Å². The predicted molar refractivity (Wildman–Crippen MR) is 70.1 cm³/mol. The zero-order valence-corrected chi connectivity index (χ0v) is 11.3. The quantitative estimate of drug-likeness (QED) is 0.751. The summed E-state index contributed by atoms with van der Waals surface area (Å²) in [5, 5.41) is 4.24. The normalized spacial score (nSPS) is 35.6. The molecule has 17 heavy (non-hydrogen) atoms. The standard InChI is InChI=1S/C14H21ClN2/c1-17-13(5-7-16-17)4-6-14(10-15)9-11-2-3-12(14)8-11/h5,7,11-12H,2-4,6,8-10H2,1H3. The molecule has 0 spiro atoms. The molecule has 2 fully saturated rings. The van der Waals surface area contributed by atoms with Crippen LogP contribution in [-0.2, 0) is 13.5 Å². The second-order valence-corrected chi connectivity index (χ2v) is 6.29. The van der Waals surface area contributed by atoms with Crippen LogP contribution in [0.15, 0.2) is 12.3 Å². The van der Waals surface area contributed by atoms with E-state index in [1.165, 1.54) is 37.8 Å². The van der Waals surface area contributed by atoms with Gasteiger partial charge in [0.2, 0.25) is 0 Å². The number of aryl methyl sites for hydroxylation is 2. The molecular weight excluding hydrogens is 232 g/mol. The van der Waals surface area contributed by atoms with Crippen LogP contribution in [0.25, 0.3) is 0 Å². The Labute approximate surface area is 108 Å². The van der Waals surface area contributed by atoms with E-state index in [0.717, 1.165) is 24.1 Å². The number of hydrogen-bond acceptors (Lipinski definition) is 1. The van der Waals surface area contributed by atoms with Crippen LogP contribution < -0.4 is 0 Å². The second kappa shape index (κ2) is 4.31. The van der Waals surface area contributed by atoms with Crippen LogP contribution >= 0.6 is 11.6 Å². The van der Waals surface area contributed by atoms with Crippen LogP contribution in [-0.4, -0.2) is 15.7 Å². The molecule has 3 rings (SSSR count). The van der Waals surface area contributed by atoms with Crippen molar-refractivity contribution >= 4 is 11.6 Å². The molecule has 2 saturated carbocycles. The summed E-state index contributed by atoms with van der Waals surface area (Å²) in [6.45, 7) is 0. The van der Waals surface area contributed by atoms with Gasteiger partial charge in [-0.3, -0.25) is 4.68 Å². The highest BCUT2D eigenvalue weighted by molar-refractivity contribution is 6.18. The third-order valence-electron chi connectivity index (χ3n) is 5.17. The van der Waals surface area contributed by atoms with Crippen molar-refractivity contribution in [1.82, 2.24) is 9.78 Å². The molecule has 3 atom stereocenters. The summed E-state index contributed by atoms with van der Waals surface area (Å²) in [5.41, 5.74) is 1.78. The number of aromatic nitrogens is 2. The molecule has 0 saturated heterocycles. The predicted octanol–water partition coefficient (Wildman–Crippen LogP) is 3.40. The number of halogens is 1. The second-order valence-electron chi connectivity index (χ2n) is 6.02. The lowest BCUT2D eigenvalue weighted by Crippen LogP contribution is -2.30. The van der Waals surface area contributed by atoms with E-state index in [2.05, 4.69) is 11.2 Å². The lowest BCUT2D eigenvalue weighted by atomic mass is 9.71. The van der Waals surface area contributed by atoms with Crippen LogP contribution in [0.2, 0.25) is 0 Å². The zero-order valence-electron chi connectivity index (χ0n) is 10.5. The minimum absolute atomic E-state index is 0.439. The van der Waals surface area contributed by atoms with Gasteiger partial charge in [0, 0.05) is 24.8 Å². The van der Waals surface area contributed by atoms with Crippen molar-refractivity contribution in [1.29, 1.82) is 0 Å². The van der Waals surface area contributed by atoms with Gasteiger partial charge >= 0.3 is 0 Å². The topological polar surface area (TPSA) is 17.8 Å². The van der Waals surface area contributed by atoms with Gasteiger partial charge in [-0.15, -0.1) is 11.6 Å². The van der Waals surface area contributed by atoms with Crippen molar-refractivity contribution in [3.8, 4) is 0 Å². The van der Waals surface area contributed by atoms with Crippen molar-refractivity contribution in [3.63, 3.8) is 0 Å². The lowest BCUT2D eigenvalue weighted by Gasteiger charge is -2.36. The largest absolute Gasteiger partial charge is 0.273 e. The summed E-state index contributed by atoms with van der Waals surface area (Å²) >= 11 is 6.32. The highest BCUT2D eigenvalue weighted by Gasteiger charge is 2.49. The Morgan fingerprint density at radius 3 is 2.94 bits per heavy atom. The highest BCUT2D eigenvalue weighted by atomic mass is 35.5. The Morgan fingerprint density at radius 1 is 1.53 bits per heavy atom. The van der Waals surface area contributed by atoms with Gasteiger partial charge < -0.3 is 0 Å². The number of hydrogen-bond donors (Lipinski definition) is 0. The minimum Gasteiger partial charge on any atom is -0.273 e. The molecule has 0 N–H and O–H groups in total. The Hall–Kier alpha value is -0.500. The first-order chi connectivity index (χ1) is 8.23. The van der Waals surface area contributed by atoms with Crippen molar-refractivity contribution in [2.75, 3.05) is 5.88 Å². The Morgan fingerprint density at radius 2 is 2.41 bits per heavy atom. The van der Waals surface area contributed by atoms with Gasteiger partial charge in [-0.1, -0.05) is 6.42 Å². The molecule has 0 radical (unpaired) electrons. The Bertz CT molecular complexity index is 401. The summed E-state index contributed by atoms with van der Waals surface area (Å²) in [4.78, 5) is 0. The Balaban J connectivity index is 1.69. The molecular formula is C14H21ClN2. The molecule has 1 heterocycles. The van der Waals surface area contributed by atoms with Crippen molar-refractivity contribution < 1.29 is 0 Å². The van der Waals surface area contributed by atoms with E-state index in [4.69, 9.17) is 11.6 Å². The van der Waals surface area contributed by atoms with Crippen LogP contribution in [0.5, 0.6) is 0 Å². The average molecular weight is 253 g/mol. The van der Waals surface area contributed by atoms with Crippen LogP contribution in [0.1, 0.15) is 37.8 Å². The van der Waals surface area contributed by atoms with E-state index in [1.54, 1.807) is 0 Å². The summed E-state index contributed by atoms with van der Waals surface area (Å²) in [5.74, 6) is 2.73. The molecule has 0 aromatic carbocycles. The van der Waals surface area contributed by atoms with Crippen LogP contribution in [0.4, 0.5) is 0 Å². The van der Waals surface area contributed by atoms with E-state index in [1.807, 2.05) is 17.9 Å². The van der Waals surface area contributed by atoms with Crippen LogP contribution in [0.3, 0.4) is 0 Å². The van der Waals surface area contributed by atoms with Crippen molar-refractivity contribution in [3.05, 3.63) is 18.0 Å². The molecule has 2 aliphatic rings. The fourth-order valence-corrected chi connectivity index (χ4v) is 4.58. The molecule has 2 bridgehead atoms. The van der Waals surface area contributed by atoms with E-state index in [0.29, 0.717) is 5.41 Å². The van der Waals surface area contributed by atoms with Gasteiger partial charge in [0.1, 0.15) is 0 Å². The maximum absolute atomic E-state index is 6.32. The summed E-state index contributed by atoms with van der Waals surface area (Å²) in [6, 6.07) is 2.13. The number of alkyl halides is 1. The van der Waals surface area contributed by atoms with Gasteiger partial charge in [-0.2, -0.15) is 5.10 Å². The van der Waals surface area contributed by atoms with Gasteiger partial charge in [0.05, 0.1) is 0 Å². The van der Waals surface area contributed by atoms with E-state index < -0.39 is 0 Å². The molecule has 1 aromatic rings. The molecule has 3 heteroatoms. The van der Waals surface area contributed by atoms with E-state index >= 15 is 0 Å². The maximum atomic E-state index is 6.32. The molecule has 2 aliphatic carbocycles. The number of rotatable bonds is 4. The SMILES string of the molecule is Cn1nccc1CCC1(CCl)CC2CCC1C2. The van der Waals surface area contributed by atoms with Crippen molar-refractivity contribution in [2.24, 2.45) is 24.3 Å². The average Bonchev–Trinajstić information content (AvgIpc) is 3.02. The molecule has 0 aliphatic heterocycles. The van der Waals surface area contributed by atoms with Gasteiger partial charge in [0.25, 0.3) is 0 Å². The molecule has 3 unspecified atom stereocenters. The van der Waals surface area contributed by atoms with Gasteiger partial charge in [-0.05, 0) is 55.4 Å². The lowest BCUT2D eigenvalue weighted by molar-refractivity contribution is 0.177. The first-order valence-electron chi connectivity index (χ1n) is 6.76. The number of fused-ring (bicyclic) bond motifs is 2. The van der Waals surface area contributed by atoms with E-state index in [-0.39, 0.29) is 0 Å². The summed E-state index contributed by atoms with van der Waals surface area (Å²) in [6.07, 6.45) is 9.96. The number of nitrogens with zero attached hydrogens (tertiary/aromatic N) is 2. The summed E-state index contributed by atoms with van der Waals surface area (Å²) < 4.78 is 2.00. The minimum atomic E-state index is 0.439. The molecule has 0 amide bonds. The fourth-order valence-electron chi connectivity index (χ4n) is 4.12. The molecule has 2 nitrogen and oxygen atoms in total. The van der Waals surface area contributed by atoms with Crippen molar-refractivity contribution in [2.45, 2.75) is 38.5 Å². The first-order valence-corrected chi connectivity index (χ1v) is 7.30. The first kappa shape index (κ1) is 11.6. The smallest absolute Gasteiger partial charge is 0.0492 e. The third kappa shape index (κ3) is 1.91. The summed E-state index contributed by atoms with van der Waals surface area (Å²) in [7, 11) is 2.03. The third-order valence-corrected chi connectivity index (χ3v) is 5.70. The zero-order chi connectivity index (χ0) is 11.9. The monoisotopic (exact) mass is 252 g/mol. The molecule has 94 valence electrons. The Kier molecular flexibility index (Phi) is 2.94. The highest BCUT2D eigenvalue weighted by Crippen LogP contribution is 2.58. The van der Waals surface area contributed by atoms with E-state index in [9.17, 15) is 0 Å².